The summed E-state index contributed by atoms with van der Waals surface area (Å²) in [5, 5.41) is 8.19. The zero-order valence-electron chi connectivity index (χ0n) is 19.2. The predicted octanol–water partition coefficient (Wildman–Crippen LogP) is 3.88. The Kier molecular flexibility index (Phi) is 6.10. The third-order valence-corrected chi connectivity index (χ3v) is 8.07. The van der Waals surface area contributed by atoms with Gasteiger partial charge < -0.3 is 5.32 Å². The summed E-state index contributed by atoms with van der Waals surface area (Å²) in [5.74, 6) is -0.545. The average Bonchev–Trinajstić information content (AvgIpc) is 3.38. The fourth-order valence-corrected chi connectivity index (χ4v) is 6.24. The fraction of sp³-hybridized carbons (Fsp3) is 0.269. The Bertz CT molecular complexity index is 1500. The zero-order chi connectivity index (χ0) is 24.6. The van der Waals surface area contributed by atoms with Crippen molar-refractivity contribution in [3.63, 3.8) is 0 Å². The first-order chi connectivity index (χ1) is 16.8. The van der Waals surface area contributed by atoms with E-state index >= 15 is 0 Å². The van der Waals surface area contributed by atoms with E-state index in [1.54, 1.807) is 29.8 Å². The number of aromatic nitrogens is 3. The Labute approximate surface area is 202 Å². The minimum Gasteiger partial charge on any atom is -0.352 e. The number of aryl methyl sites for hydroxylation is 1. The molecule has 0 radical (unpaired) electrons. The molecule has 0 saturated carbocycles. The number of carbonyl (C=O) groups is 1. The summed E-state index contributed by atoms with van der Waals surface area (Å²) in [6.45, 7) is 2.24. The first-order valence-corrected chi connectivity index (χ1v) is 13.3. The molecule has 1 amide bonds. The summed E-state index contributed by atoms with van der Waals surface area (Å²) in [6, 6.07) is 17.1. The molecule has 7 nitrogen and oxygen atoms in total. The van der Waals surface area contributed by atoms with Crippen molar-refractivity contribution in [2.24, 2.45) is 0 Å². The lowest BCUT2D eigenvalue weighted by atomic mass is 10.0. The van der Waals surface area contributed by atoms with E-state index in [-0.39, 0.29) is 29.3 Å². The molecule has 5 rings (SSSR count). The maximum Gasteiger partial charge on any atom is 0.252 e. The van der Waals surface area contributed by atoms with E-state index in [0.717, 1.165) is 5.56 Å². The quantitative estimate of drug-likeness (QED) is 0.441. The van der Waals surface area contributed by atoms with E-state index in [2.05, 4.69) is 10.4 Å². The molecule has 1 aliphatic rings. The van der Waals surface area contributed by atoms with Crippen LogP contribution in [-0.4, -0.2) is 47.1 Å². The molecule has 1 saturated heterocycles. The molecule has 1 atom stereocenters. The summed E-state index contributed by atoms with van der Waals surface area (Å²) in [6.07, 6.45) is 1.13. The van der Waals surface area contributed by atoms with E-state index < -0.39 is 9.84 Å². The van der Waals surface area contributed by atoms with E-state index in [4.69, 9.17) is 4.98 Å². The number of hydrogen-bond acceptors (Lipinski definition) is 5. The Morgan fingerprint density at radius 1 is 1.14 bits per heavy atom. The number of sulfone groups is 1. The minimum atomic E-state index is -3.14. The zero-order valence-corrected chi connectivity index (χ0v) is 20.1. The molecular formula is C26H25FN4O3S. The number of carbonyl (C=O) groups excluding carboxylic acids is 1. The topological polar surface area (TPSA) is 93.9 Å². The number of nitrogens with zero attached hydrogens (tertiary/aromatic N) is 3. The summed E-state index contributed by atoms with van der Waals surface area (Å²) >= 11 is 0. The van der Waals surface area contributed by atoms with E-state index in [1.807, 2.05) is 30.3 Å². The van der Waals surface area contributed by atoms with Gasteiger partial charge in [0.1, 0.15) is 5.82 Å². The summed E-state index contributed by atoms with van der Waals surface area (Å²) in [5.41, 5.74) is 3.73. The molecule has 1 N–H and O–H groups in total. The van der Waals surface area contributed by atoms with Crippen LogP contribution in [0.25, 0.3) is 22.3 Å². The lowest BCUT2D eigenvalue weighted by Gasteiger charge is -2.12. The van der Waals surface area contributed by atoms with Gasteiger partial charge in [0.05, 0.1) is 39.9 Å². The Balaban J connectivity index is 1.55. The van der Waals surface area contributed by atoms with Crippen LogP contribution < -0.4 is 5.32 Å². The van der Waals surface area contributed by atoms with Gasteiger partial charge in [0.2, 0.25) is 0 Å². The highest BCUT2D eigenvalue weighted by atomic mass is 32.2. The lowest BCUT2D eigenvalue weighted by molar-refractivity contribution is 0.0955. The van der Waals surface area contributed by atoms with Crippen molar-refractivity contribution in [1.29, 1.82) is 0 Å². The number of halogens is 1. The van der Waals surface area contributed by atoms with Crippen LogP contribution in [0.1, 0.15) is 34.1 Å². The van der Waals surface area contributed by atoms with Crippen molar-refractivity contribution >= 4 is 26.8 Å². The SMILES string of the molecule is Cc1nn([C@@H]2CCS(=O)(=O)C2)c2nc(-c3ccc(F)cc3)cc(C(=O)NCCc3ccccc3)c12. The highest BCUT2D eigenvalue weighted by molar-refractivity contribution is 7.91. The van der Waals surface area contributed by atoms with Crippen LogP contribution in [0, 0.1) is 12.7 Å². The summed E-state index contributed by atoms with van der Waals surface area (Å²) in [4.78, 5) is 18.1. The lowest BCUT2D eigenvalue weighted by Crippen LogP contribution is -2.26. The maximum absolute atomic E-state index is 13.5. The molecule has 0 bridgehead atoms. The molecule has 9 heteroatoms. The standard InChI is InChI=1S/C26H25FN4O3S/c1-17-24-22(26(32)28-13-11-18-5-3-2-4-6-18)15-23(19-7-9-20(27)10-8-19)29-25(24)31(30-17)21-12-14-35(33,34)16-21/h2-10,15,21H,11-14,16H2,1H3,(H,28,32)/t21-/m1/s1. The normalized spacial score (nSPS) is 17.0. The molecule has 2 aromatic heterocycles. The van der Waals surface area contributed by atoms with Crippen molar-refractivity contribution < 1.29 is 17.6 Å². The predicted molar refractivity (Wildman–Crippen MR) is 132 cm³/mol. The van der Waals surface area contributed by atoms with Gasteiger partial charge >= 0.3 is 0 Å². The number of fused-ring (bicyclic) bond motifs is 1. The first-order valence-electron chi connectivity index (χ1n) is 11.5. The fourth-order valence-electron chi connectivity index (χ4n) is 4.54. The summed E-state index contributed by atoms with van der Waals surface area (Å²) < 4.78 is 39.4. The monoisotopic (exact) mass is 492 g/mol. The number of amides is 1. The molecular weight excluding hydrogens is 467 g/mol. The third kappa shape index (κ3) is 4.81. The smallest absolute Gasteiger partial charge is 0.252 e. The third-order valence-electron chi connectivity index (χ3n) is 6.32. The molecule has 1 aliphatic heterocycles. The van der Waals surface area contributed by atoms with Gasteiger partial charge in [-0.2, -0.15) is 5.10 Å². The second-order valence-electron chi connectivity index (χ2n) is 8.84. The van der Waals surface area contributed by atoms with Gasteiger partial charge in [-0.25, -0.2) is 22.5 Å². The van der Waals surface area contributed by atoms with E-state index in [1.165, 1.54) is 12.1 Å². The van der Waals surface area contributed by atoms with Crippen LogP contribution >= 0.6 is 0 Å². The second-order valence-corrected chi connectivity index (χ2v) is 11.1. The van der Waals surface area contributed by atoms with Crippen LogP contribution in [0.2, 0.25) is 0 Å². The molecule has 2 aromatic carbocycles. The van der Waals surface area contributed by atoms with Crippen LogP contribution in [-0.2, 0) is 16.3 Å². The van der Waals surface area contributed by atoms with Gasteiger partial charge in [0.15, 0.2) is 15.5 Å². The van der Waals surface area contributed by atoms with Crippen molar-refractivity contribution in [1.82, 2.24) is 20.1 Å². The molecule has 4 aromatic rings. The molecule has 3 heterocycles. The van der Waals surface area contributed by atoms with E-state index in [9.17, 15) is 17.6 Å². The van der Waals surface area contributed by atoms with Crippen LogP contribution in [0.4, 0.5) is 4.39 Å². The van der Waals surface area contributed by atoms with Crippen LogP contribution in [0.15, 0.2) is 60.7 Å². The van der Waals surface area contributed by atoms with Crippen molar-refractivity contribution in [3.05, 3.63) is 83.3 Å². The molecule has 0 unspecified atom stereocenters. The summed E-state index contributed by atoms with van der Waals surface area (Å²) in [7, 11) is -3.14. The highest BCUT2D eigenvalue weighted by Crippen LogP contribution is 2.32. The number of rotatable bonds is 6. The van der Waals surface area contributed by atoms with Gasteiger partial charge in [0, 0.05) is 12.1 Å². The number of benzene rings is 2. The van der Waals surface area contributed by atoms with Crippen molar-refractivity contribution in [3.8, 4) is 11.3 Å². The number of hydrogen-bond donors (Lipinski definition) is 1. The molecule has 0 aliphatic carbocycles. The maximum atomic E-state index is 13.5. The molecule has 180 valence electrons. The Morgan fingerprint density at radius 2 is 1.89 bits per heavy atom. The van der Waals surface area contributed by atoms with Gasteiger partial charge in [-0.3, -0.25) is 4.79 Å². The Morgan fingerprint density at radius 3 is 2.57 bits per heavy atom. The van der Waals surface area contributed by atoms with Gasteiger partial charge in [-0.05, 0) is 55.7 Å². The largest absolute Gasteiger partial charge is 0.352 e. The second kappa shape index (κ2) is 9.22. The van der Waals surface area contributed by atoms with E-state index in [0.29, 0.717) is 52.9 Å². The van der Waals surface area contributed by atoms with Crippen LogP contribution in [0.5, 0.6) is 0 Å². The van der Waals surface area contributed by atoms with Crippen LogP contribution in [0.3, 0.4) is 0 Å². The average molecular weight is 493 g/mol. The van der Waals surface area contributed by atoms with Crippen molar-refractivity contribution in [2.75, 3.05) is 18.1 Å². The van der Waals surface area contributed by atoms with Gasteiger partial charge in [-0.15, -0.1) is 0 Å². The molecule has 35 heavy (non-hydrogen) atoms. The molecule has 0 spiro atoms. The minimum absolute atomic E-state index is 0.00964. The number of nitrogens with one attached hydrogen (secondary N) is 1. The van der Waals surface area contributed by atoms with Gasteiger partial charge in [-0.1, -0.05) is 30.3 Å². The van der Waals surface area contributed by atoms with Gasteiger partial charge in [0.25, 0.3) is 5.91 Å². The highest BCUT2D eigenvalue weighted by Gasteiger charge is 2.32. The number of pyridine rings is 1. The molecule has 1 fully saturated rings. The Hall–Kier alpha value is -3.59. The van der Waals surface area contributed by atoms with Crippen molar-refractivity contribution in [2.45, 2.75) is 25.8 Å². The first kappa shape index (κ1) is 23.2.